The molecule has 1 aromatic carbocycles. The van der Waals surface area contributed by atoms with Crippen molar-refractivity contribution in [3.8, 4) is 11.3 Å². The number of hydrogen-bond donors (Lipinski definition) is 3. The number of nitrogens with zero attached hydrogens (tertiary/aromatic N) is 2. The Morgan fingerprint density at radius 3 is 2.86 bits per heavy atom. The second kappa shape index (κ2) is 6.94. The van der Waals surface area contributed by atoms with Gasteiger partial charge in [-0.3, -0.25) is 0 Å². The highest BCUT2D eigenvalue weighted by Crippen LogP contribution is 2.44. The number of aryl methyl sites for hydroxylation is 1. The van der Waals surface area contributed by atoms with E-state index in [0.29, 0.717) is 17.1 Å². The van der Waals surface area contributed by atoms with Gasteiger partial charge < -0.3 is 20.6 Å². The molecule has 1 fully saturated rings. The smallest absolute Gasteiger partial charge is 0.223 e. The lowest BCUT2D eigenvalue weighted by Crippen LogP contribution is -2.40. The largest absolute Gasteiger partial charge is 0.456 e. The van der Waals surface area contributed by atoms with Crippen LogP contribution in [0.2, 0.25) is 5.15 Å². The van der Waals surface area contributed by atoms with Gasteiger partial charge in [0.05, 0.1) is 5.56 Å². The van der Waals surface area contributed by atoms with Gasteiger partial charge in [0.15, 0.2) is 0 Å². The molecule has 0 aliphatic heterocycles. The molecule has 0 bridgehead atoms. The molecule has 4 N–H and O–H groups in total. The molecule has 1 aliphatic carbocycles. The highest BCUT2D eigenvalue weighted by Gasteiger charge is 2.43. The quantitative estimate of drug-likeness (QED) is 0.552. The molecule has 0 saturated heterocycles. The Kier molecular flexibility index (Phi) is 4.71. The summed E-state index contributed by atoms with van der Waals surface area (Å²) in [7, 11) is 0. The molecule has 3 aromatic rings. The maximum Gasteiger partial charge on any atom is 0.223 e. The van der Waals surface area contributed by atoms with Crippen LogP contribution in [0.5, 0.6) is 0 Å². The molecule has 28 heavy (non-hydrogen) atoms. The van der Waals surface area contributed by atoms with E-state index in [4.69, 9.17) is 21.8 Å². The van der Waals surface area contributed by atoms with Crippen LogP contribution < -0.4 is 11.1 Å². The van der Waals surface area contributed by atoms with Gasteiger partial charge in [-0.1, -0.05) is 30.2 Å². The van der Waals surface area contributed by atoms with Crippen molar-refractivity contribution >= 4 is 34.3 Å². The van der Waals surface area contributed by atoms with Crippen LogP contribution in [-0.4, -0.2) is 27.2 Å². The van der Waals surface area contributed by atoms with Crippen molar-refractivity contribution in [2.24, 2.45) is 11.8 Å². The lowest BCUT2D eigenvalue weighted by Gasteiger charge is -2.33. The van der Waals surface area contributed by atoms with Gasteiger partial charge >= 0.3 is 0 Å². The summed E-state index contributed by atoms with van der Waals surface area (Å²) in [6.07, 6.45) is 1.87. The van der Waals surface area contributed by atoms with Crippen molar-refractivity contribution in [1.82, 2.24) is 9.97 Å². The number of benzene rings is 1. The number of nitrogen functional groups attached to an aromatic ring is 1. The maximum absolute atomic E-state index is 9.65. The number of nitrogens with one attached hydrogen (secondary N) is 1. The summed E-state index contributed by atoms with van der Waals surface area (Å²) in [5.41, 5.74) is 8.18. The van der Waals surface area contributed by atoms with E-state index in [9.17, 15) is 5.11 Å². The standard InChI is InChI=1S/C21H25ClN4O2/c1-11-4-5-15-14(8-11)9-16(28-15)17-18(22)24-20(23)25-19(17)26-21(3)7-6-13(10-27)12(21)2/h4-5,8-9,12-13,27H,6-7,10H2,1-3H3,(H3,23,24,25,26). The van der Waals surface area contributed by atoms with Crippen LogP contribution in [-0.2, 0) is 0 Å². The molecule has 148 valence electrons. The SMILES string of the molecule is Cc1ccc2oc(-c3c(Cl)nc(N)nc3NC3(C)CCC(CO)C3C)cc2c1. The van der Waals surface area contributed by atoms with E-state index in [2.05, 4.69) is 35.2 Å². The highest BCUT2D eigenvalue weighted by atomic mass is 35.5. The van der Waals surface area contributed by atoms with E-state index >= 15 is 0 Å². The Morgan fingerprint density at radius 2 is 2.14 bits per heavy atom. The van der Waals surface area contributed by atoms with E-state index in [1.807, 2.05) is 25.1 Å². The fraction of sp³-hybridized carbons (Fsp3) is 0.429. The second-order valence-corrected chi connectivity index (χ2v) is 8.42. The number of halogens is 1. The Morgan fingerprint density at radius 1 is 1.36 bits per heavy atom. The molecule has 7 heteroatoms. The molecule has 1 saturated carbocycles. The van der Waals surface area contributed by atoms with Gasteiger partial charge in [-0.25, -0.2) is 4.98 Å². The van der Waals surface area contributed by atoms with Gasteiger partial charge in [0.25, 0.3) is 0 Å². The first-order chi connectivity index (χ1) is 13.3. The third-order valence-electron chi connectivity index (χ3n) is 6.19. The molecule has 0 amide bonds. The van der Waals surface area contributed by atoms with Crippen molar-refractivity contribution in [3.63, 3.8) is 0 Å². The van der Waals surface area contributed by atoms with Crippen molar-refractivity contribution in [3.05, 3.63) is 35.0 Å². The van der Waals surface area contributed by atoms with E-state index in [-0.39, 0.29) is 35.1 Å². The van der Waals surface area contributed by atoms with Gasteiger partial charge in [-0.2, -0.15) is 4.98 Å². The van der Waals surface area contributed by atoms with Gasteiger partial charge in [0.1, 0.15) is 22.3 Å². The van der Waals surface area contributed by atoms with Crippen LogP contribution in [0.25, 0.3) is 22.3 Å². The molecule has 0 spiro atoms. The summed E-state index contributed by atoms with van der Waals surface area (Å²) in [5.74, 6) is 1.78. The van der Waals surface area contributed by atoms with Crippen LogP contribution >= 0.6 is 11.6 Å². The van der Waals surface area contributed by atoms with E-state index in [1.54, 1.807) is 0 Å². The van der Waals surface area contributed by atoms with Gasteiger partial charge in [0, 0.05) is 17.5 Å². The first-order valence-electron chi connectivity index (χ1n) is 9.53. The van der Waals surface area contributed by atoms with Crippen LogP contribution in [0.1, 0.15) is 32.3 Å². The molecule has 1 aliphatic rings. The van der Waals surface area contributed by atoms with Crippen LogP contribution in [0.3, 0.4) is 0 Å². The zero-order chi connectivity index (χ0) is 20.1. The molecule has 2 aromatic heterocycles. The summed E-state index contributed by atoms with van der Waals surface area (Å²) < 4.78 is 6.05. The summed E-state index contributed by atoms with van der Waals surface area (Å²) in [6.45, 7) is 6.52. The van der Waals surface area contributed by atoms with Crippen molar-refractivity contribution < 1.29 is 9.52 Å². The van der Waals surface area contributed by atoms with Gasteiger partial charge in [-0.15, -0.1) is 0 Å². The number of aromatic nitrogens is 2. The monoisotopic (exact) mass is 400 g/mol. The maximum atomic E-state index is 9.65. The molecule has 3 unspecified atom stereocenters. The lowest BCUT2D eigenvalue weighted by atomic mass is 9.86. The first kappa shape index (κ1) is 19.0. The zero-order valence-corrected chi connectivity index (χ0v) is 17.0. The first-order valence-corrected chi connectivity index (χ1v) is 9.91. The Labute approximate surface area is 169 Å². The Bertz CT molecular complexity index is 1030. The number of rotatable bonds is 4. The van der Waals surface area contributed by atoms with Crippen molar-refractivity contribution in [2.45, 2.75) is 39.2 Å². The van der Waals surface area contributed by atoms with Gasteiger partial charge in [0.2, 0.25) is 5.95 Å². The second-order valence-electron chi connectivity index (χ2n) is 8.06. The Hall–Kier alpha value is -2.31. The fourth-order valence-corrected chi connectivity index (χ4v) is 4.49. The average molecular weight is 401 g/mol. The molecular weight excluding hydrogens is 376 g/mol. The predicted octanol–water partition coefficient (Wildman–Crippen LogP) is 4.64. The van der Waals surface area contributed by atoms with Crippen LogP contribution in [0, 0.1) is 18.8 Å². The number of furan rings is 1. The minimum absolute atomic E-state index is 0.108. The number of hydrogen-bond acceptors (Lipinski definition) is 6. The number of fused-ring (bicyclic) bond motifs is 1. The third-order valence-corrected chi connectivity index (χ3v) is 6.46. The number of nitrogens with two attached hydrogens (primary N) is 1. The fourth-order valence-electron chi connectivity index (χ4n) is 4.22. The average Bonchev–Trinajstić information content (AvgIpc) is 3.15. The summed E-state index contributed by atoms with van der Waals surface area (Å²) >= 11 is 6.48. The van der Waals surface area contributed by atoms with E-state index in [0.717, 1.165) is 29.4 Å². The molecular formula is C21H25ClN4O2. The van der Waals surface area contributed by atoms with E-state index < -0.39 is 0 Å². The Balaban J connectivity index is 1.80. The number of aliphatic hydroxyl groups is 1. The molecule has 2 heterocycles. The number of anilines is 2. The van der Waals surface area contributed by atoms with Crippen LogP contribution in [0.4, 0.5) is 11.8 Å². The summed E-state index contributed by atoms with van der Waals surface area (Å²) in [6, 6.07) is 7.96. The lowest BCUT2D eigenvalue weighted by molar-refractivity contribution is 0.187. The minimum atomic E-state index is -0.241. The predicted molar refractivity (Wildman–Crippen MR) is 112 cm³/mol. The van der Waals surface area contributed by atoms with E-state index in [1.165, 1.54) is 0 Å². The van der Waals surface area contributed by atoms with Crippen molar-refractivity contribution in [1.29, 1.82) is 0 Å². The number of aliphatic hydroxyl groups excluding tert-OH is 1. The third kappa shape index (κ3) is 3.20. The summed E-state index contributed by atoms with van der Waals surface area (Å²) in [5, 5.41) is 14.4. The normalized spacial score (nSPS) is 24.8. The molecule has 4 rings (SSSR count). The van der Waals surface area contributed by atoms with Crippen LogP contribution in [0.15, 0.2) is 28.7 Å². The molecule has 0 radical (unpaired) electrons. The zero-order valence-electron chi connectivity index (χ0n) is 16.3. The van der Waals surface area contributed by atoms with Gasteiger partial charge in [-0.05, 0) is 56.7 Å². The summed E-state index contributed by atoms with van der Waals surface area (Å²) in [4.78, 5) is 8.58. The molecule has 6 nitrogen and oxygen atoms in total. The highest BCUT2D eigenvalue weighted by molar-refractivity contribution is 6.32. The minimum Gasteiger partial charge on any atom is -0.456 e. The van der Waals surface area contributed by atoms with Crippen molar-refractivity contribution in [2.75, 3.05) is 17.7 Å². The molecule has 3 atom stereocenters. The topological polar surface area (TPSA) is 97.2 Å².